The van der Waals surface area contributed by atoms with Gasteiger partial charge in [0.1, 0.15) is 0 Å². The van der Waals surface area contributed by atoms with E-state index in [1.54, 1.807) is 17.5 Å². The topological polar surface area (TPSA) is 57.3 Å². The Morgan fingerprint density at radius 3 is 2.44 bits per heavy atom. The van der Waals surface area contributed by atoms with Gasteiger partial charge < -0.3 is 15.5 Å². The van der Waals surface area contributed by atoms with Crippen molar-refractivity contribution in [1.82, 2.24) is 10.3 Å². The van der Waals surface area contributed by atoms with Gasteiger partial charge in [0.15, 0.2) is 5.13 Å². The van der Waals surface area contributed by atoms with Crippen molar-refractivity contribution in [1.29, 1.82) is 0 Å². The fourth-order valence-corrected chi connectivity index (χ4v) is 3.38. The lowest BCUT2D eigenvalue weighted by atomic mass is 10.1. The number of hydrogen-bond acceptors (Lipinski definition) is 4. The van der Waals surface area contributed by atoms with Crippen molar-refractivity contribution in [2.45, 2.75) is 25.1 Å². The molecule has 0 spiro atoms. The molecule has 9 heteroatoms. The standard InChI is InChI=1S/C16H17F3N4OS/c17-16(18,19)11-1-3-12(4-2-11)21-14(24)22-13-5-8-23(9-6-13)15-20-7-10-25-15/h1-4,7,10,13H,5-6,8-9H2,(H2,21,22,24). The fourth-order valence-electron chi connectivity index (χ4n) is 2.68. The van der Waals surface area contributed by atoms with Crippen molar-refractivity contribution in [3.8, 4) is 0 Å². The molecule has 1 aromatic heterocycles. The Balaban J connectivity index is 1.47. The van der Waals surface area contributed by atoms with Crippen LogP contribution in [0.25, 0.3) is 0 Å². The Morgan fingerprint density at radius 1 is 1.20 bits per heavy atom. The zero-order valence-electron chi connectivity index (χ0n) is 13.2. The molecule has 134 valence electrons. The highest BCUT2D eigenvalue weighted by atomic mass is 32.1. The molecule has 3 rings (SSSR count). The highest BCUT2D eigenvalue weighted by molar-refractivity contribution is 7.13. The first-order valence-corrected chi connectivity index (χ1v) is 8.69. The molecule has 0 atom stereocenters. The van der Waals surface area contributed by atoms with Crippen molar-refractivity contribution in [3.63, 3.8) is 0 Å². The molecule has 0 radical (unpaired) electrons. The number of urea groups is 1. The third-order valence-corrected chi connectivity index (χ3v) is 4.82. The van der Waals surface area contributed by atoms with Crippen molar-refractivity contribution >= 4 is 28.2 Å². The maximum atomic E-state index is 12.5. The van der Waals surface area contributed by atoms with Gasteiger partial charge in [-0.3, -0.25) is 0 Å². The van der Waals surface area contributed by atoms with E-state index in [0.717, 1.165) is 43.2 Å². The summed E-state index contributed by atoms with van der Waals surface area (Å²) in [6, 6.07) is 4.00. The van der Waals surface area contributed by atoms with Crippen LogP contribution in [0.5, 0.6) is 0 Å². The van der Waals surface area contributed by atoms with Crippen LogP contribution in [-0.4, -0.2) is 30.1 Å². The zero-order valence-corrected chi connectivity index (χ0v) is 14.0. The third-order valence-electron chi connectivity index (χ3n) is 3.99. The molecule has 2 aromatic rings. The summed E-state index contributed by atoms with van der Waals surface area (Å²) in [5.74, 6) is 0. The molecule has 1 saturated heterocycles. The first kappa shape index (κ1) is 17.5. The van der Waals surface area contributed by atoms with E-state index in [2.05, 4.69) is 20.5 Å². The summed E-state index contributed by atoms with van der Waals surface area (Å²) in [6.07, 6.45) is -1.03. The van der Waals surface area contributed by atoms with E-state index in [1.807, 2.05) is 5.38 Å². The molecule has 2 N–H and O–H groups in total. The number of hydrogen-bond donors (Lipinski definition) is 2. The number of amides is 2. The average Bonchev–Trinajstić information content (AvgIpc) is 3.09. The molecule has 1 aliphatic rings. The van der Waals surface area contributed by atoms with Crippen LogP contribution in [0.4, 0.5) is 28.8 Å². The van der Waals surface area contributed by atoms with Gasteiger partial charge in [-0.15, -0.1) is 11.3 Å². The number of anilines is 2. The second-order valence-corrected chi connectivity index (χ2v) is 6.62. The normalized spacial score (nSPS) is 15.9. The third kappa shape index (κ3) is 4.62. The van der Waals surface area contributed by atoms with Gasteiger partial charge in [-0.05, 0) is 37.1 Å². The number of alkyl halides is 3. The number of nitrogens with one attached hydrogen (secondary N) is 2. The van der Waals surface area contributed by atoms with Gasteiger partial charge in [0.2, 0.25) is 0 Å². The van der Waals surface area contributed by atoms with E-state index in [1.165, 1.54) is 12.1 Å². The molecule has 1 fully saturated rings. The number of aromatic nitrogens is 1. The maximum absolute atomic E-state index is 12.5. The monoisotopic (exact) mass is 370 g/mol. The van der Waals surface area contributed by atoms with Gasteiger partial charge in [0.05, 0.1) is 5.56 Å². The molecule has 0 unspecified atom stereocenters. The van der Waals surface area contributed by atoms with Gasteiger partial charge >= 0.3 is 12.2 Å². The lowest BCUT2D eigenvalue weighted by molar-refractivity contribution is -0.137. The molecule has 1 aliphatic heterocycles. The van der Waals surface area contributed by atoms with Crippen LogP contribution >= 0.6 is 11.3 Å². The van der Waals surface area contributed by atoms with Gasteiger partial charge in [0.25, 0.3) is 0 Å². The molecule has 0 bridgehead atoms. The smallest absolute Gasteiger partial charge is 0.348 e. The number of rotatable bonds is 3. The van der Waals surface area contributed by atoms with E-state index in [0.29, 0.717) is 5.69 Å². The van der Waals surface area contributed by atoms with E-state index < -0.39 is 17.8 Å². The molecule has 5 nitrogen and oxygen atoms in total. The lowest BCUT2D eigenvalue weighted by Crippen LogP contribution is -2.46. The fraction of sp³-hybridized carbons (Fsp3) is 0.375. The molecular formula is C16H17F3N4OS. The molecule has 2 amide bonds. The van der Waals surface area contributed by atoms with Crippen LogP contribution in [0, 0.1) is 0 Å². The van der Waals surface area contributed by atoms with Crippen molar-refractivity contribution in [2.24, 2.45) is 0 Å². The number of halogens is 3. The number of nitrogens with zero attached hydrogens (tertiary/aromatic N) is 2. The molecule has 0 saturated carbocycles. The van der Waals surface area contributed by atoms with Gasteiger partial charge in [-0.25, -0.2) is 9.78 Å². The van der Waals surface area contributed by atoms with Crippen LogP contribution < -0.4 is 15.5 Å². The van der Waals surface area contributed by atoms with Gasteiger partial charge in [0, 0.05) is 36.4 Å². The predicted molar refractivity (Wildman–Crippen MR) is 90.9 cm³/mol. The molecule has 25 heavy (non-hydrogen) atoms. The first-order valence-electron chi connectivity index (χ1n) is 7.81. The van der Waals surface area contributed by atoms with Crippen LogP contribution in [-0.2, 0) is 6.18 Å². The summed E-state index contributed by atoms with van der Waals surface area (Å²) >= 11 is 1.58. The predicted octanol–water partition coefficient (Wildman–Crippen LogP) is 3.95. The quantitative estimate of drug-likeness (QED) is 0.860. The Kier molecular flexibility index (Phi) is 5.12. The van der Waals surface area contributed by atoms with E-state index in [9.17, 15) is 18.0 Å². The summed E-state index contributed by atoms with van der Waals surface area (Å²) in [5.41, 5.74) is -0.418. The Labute approximate surface area is 146 Å². The van der Waals surface area contributed by atoms with Crippen molar-refractivity contribution < 1.29 is 18.0 Å². The van der Waals surface area contributed by atoms with Crippen LogP contribution in [0.3, 0.4) is 0 Å². The molecular weight excluding hydrogens is 353 g/mol. The number of thiazole rings is 1. The summed E-state index contributed by atoms with van der Waals surface area (Å²) in [4.78, 5) is 18.5. The number of carbonyl (C=O) groups excluding carboxylic acids is 1. The summed E-state index contributed by atoms with van der Waals surface area (Å²) in [5, 5.41) is 8.33. The minimum Gasteiger partial charge on any atom is -0.348 e. The Morgan fingerprint density at radius 2 is 1.88 bits per heavy atom. The SMILES string of the molecule is O=C(Nc1ccc(C(F)(F)F)cc1)NC1CCN(c2nccs2)CC1. The van der Waals surface area contributed by atoms with E-state index in [-0.39, 0.29) is 6.04 Å². The molecule has 1 aromatic carbocycles. The number of benzene rings is 1. The number of piperidine rings is 1. The van der Waals surface area contributed by atoms with Crippen LogP contribution in [0.15, 0.2) is 35.8 Å². The van der Waals surface area contributed by atoms with Crippen LogP contribution in [0.1, 0.15) is 18.4 Å². The largest absolute Gasteiger partial charge is 0.416 e. The van der Waals surface area contributed by atoms with E-state index in [4.69, 9.17) is 0 Å². The second kappa shape index (κ2) is 7.30. The van der Waals surface area contributed by atoms with Gasteiger partial charge in [-0.1, -0.05) is 0 Å². The van der Waals surface area contributed by atoms with E-state index >= 15 is 0 Å². The lowest BCUT2D eigenvalue weighted by Gasteiger charge is -2.32. The zero-order chi connectivity index (χ0) is 17.9. The minimum atomic E-state index is -4.38. The summed E-state index contributed by atoms with van der Waals surface area (Å²) in [7, 11) is 0. The molecule has 2 heterocycles. The molecule has 0 aliphatic carbocycles. The maximum Gasteiger partial charge on any atom is 0.416 e. The van der Waals surface area contributed by atoms with Crippen LogP contribution in [0.2, 0.25) is 0 Å². The Bertz CT molecular complexity index is 695. The van der Waals surface area contributed by atoms with Crippen molar-refractivity contribution in [2.75, 3.05) is 23.3 Å². The minimum absolute atomic E-state index is 0.0330. The highest BCUT2D eigenvalue weighted by Gasteiger charge is 2.30. The average molecular weight is 370 g/mol. The number of carbonyl (C=O) groups is 1. The van der Waals surface area contributed by atoms with Crippen molar-refractivity contribution in [3.05, 3.63) is 41.4 Å². The highest BCUT2D eigenvalue weighted by Crippen LogP contribution is 2.29. The van der Waals surface area contributed by atoms with Gasteiger partial charge in [-0.2, -0.15) is 13.2 Å². The summed E-state index contributed by atoms with van der Waals surface area (Å²) < 4.78 is 37.6. The Hall–Kier alpha value is -2.29. The first-order chi connectivity index (χ1) is 11.9. The summed E-state index contributed by atoms with van der Waals surface area (Å²) in [6.45, 7) is 1.61. The second-order valence-electron chi connectivity index (χ2n) is 5.75.